The number of amides is 1. The van der Waals surface area contributed by atoms with Crippen molar-refractivity contribution in [2.24, 2.45) is 5.92 Å². The highest BCUT2D eigenvalue weighted by Crippen LogP contribution is 2.26. The van der Waals surface area contributed by atoms with Crippen LogP contribution in [0.5, 0.6) is 0 Å². The van der Waals surface area contributed by atoms with Gasteiger partial charge in [-0.05, 0) is 19.4 Å². The average molecular weight is 304 g/mol. The molecule has 1 aliphatic rings. The molecule has 118 valence electrons. The lowest BCUT2D eigenvalue weighted by Gasteiger charge is -2.15. The molecule has 1 amide bonds. The van der Waals surface area contributed by atoms with Crippen LogP contribution in [-0.4, -0.2) is 45.5 Å². The Bertz CT molecular complexity index is 609. The molecular weight excluding hydrogens is 284 g/mol. The van der Waals surface area contributed by atoms with Crippen LogP contribution in [0.25, 0.3) is 0 Å². The van der Waals surface area contributed by atoms with Gasteiger partial charge >= 0.3 is 0 Å². The fourth-order valence-corrected chi connectivity index (χ4v) is 2.69. The second kappa shape index (κ2) is 6.69. The van der Waals surface area contributed by atoms with Crippen LogP contribution in [0.4, 0.5) is 0 Å². The molecule has 2 aromatic heterocycles. The van der Waals surface area contributed by atoms with Gasteiger partial charge in [0.25, 0.3) is 0 Å². The Morgan fingerprint density at radius 2 is 2.45 bits per heavy atom. The molecule has 3 heterocycles. The van der Waals surface area contributed by atoms with Crippen molar-refractivity contribution < 1.29 is 9.32 Å². The number of aromatic nitrogens is 4. The maximum Gasteiger partial charge on any atom is 0.231 e. The third-order valence-corrected chi connectivity index (χ3v) is 3.83. The average Bonchev–Trinajstić information content (AvgIpc) is 3.23. The first kappa shape index (κ1) is 14.7. The number of hydrogen-bond donors (Lipinski definition) is 2. The first-order valence-electron chi connectivity index (χ1n) is 7.50. The number of nitrogens with zero attached hydrogens (tertiary/aromatic N) is 4. The van der Waals surface area contributed by atoms with Crippen LogP contribution >= 0.6 is 0 Å². The van der Waals surface area contributed by atoms with Gasteiger partial charge in [0.05, 0.1) is 11.8 Å². The molecule has 2 aromatic rings. The van der Waals surface area contributed by atoms with E-state index in [-0.39, 0.29) is 17.7 Å². The zero-order valence-electron chi connectivity index (χ0n) is 12.5. The second-order valence-corrected chi connectivity index (χ2v) is 5.46. The molecule has 3 rings (SSSR count). The molecule has 0 aromatic carbocycles. The second-order valence-electron chi connectivity index (χ2n) is 5.46. The smallest absolute Gasteiger partial charge is 0.231 e. The number of rotatable bonds is 6. The standard InChI is InChI=1S/C14H20N6O2/c1-10-18-14(22-19-10)12-9-15-8-11(12)13(21)16-4-2-6-20-7-3-5-17-20/h3,5,7,11-12,15H,2,4,6,8-9H2,1H3,(H,16,21)/t11-,12-/m1/s1. The van der Waals surface area contributed by atoms with Crippen LogP contribution in [0.2, 0.25) is 0 Å². The minimum absolute atomic E-state index is 0.0336. The van der Waals surface area contributed by atoms with Crippen LogP contribution in [0.15, 0.2) is 23.0 Å². The zero-order valence-corrected chi connectivity index (χ0v) is 12.5. The molecule has 2 N–H and O–H groups in total. The maximum absolute atomic E-state index is 12.3. The Labute approximate surface area is 128 Å². The van der Waals surface area contributed by atoms with Gasteiger partial charge in [-0.1, -0.05) is 5.16 Å². The summed E-state index contributed by atoms with van der Waals surface area (Å²) < 4.78 is 7.06. The van der Waals surface area contributed by atoms with Gasteiger partial charge in [0.1, 0.15) is 0 Å². The topological polar surface area (TPSA) is 97.9 Å². The van der Waals surface area contributed by atoms with E-state index in [1.54, 1.807) is 13.1 Å². The molecule has 1 saturated heterocycles. The predicted molar refractivity (Wildman–Crippen MR) is 78.0 cm³/mol. The molecule has 2 atom stereocenters. The van der Waals surface area contributed by atoms with E-state index in [4.69, 9.17) is 4.52 Å². The Morgan fingerprint density at radius 3 is 3.18 bits per heavy atom. The van der Waals surface area contributed by atoms with Crippen LogP contribution in [0, 0.1) is 12.8 Å². The van der Waals surface area contributed by atoms with Gasteiger partial charge in [0, 0.05) is 38.6 Å². The normalized spacial score (nSPS) is 21.1. The number of aryl methyl sites for hydroxylation is 2. The monoisotopic (exact) mass is 304 g/mol. The summed E-state index contributed by atoms with van der Waals surface area (Å²) in [6.07, 6.45) is 4.51. The summed E-state index contributed by atoms with van der Waals surface area (Å²) >= 11 is 0. The molecular formula is C14H20N6O2. The molecule has 0 spiro atoms. The minimum Gasteiger partial charge on any atom is -0.356 e. The molecule has 1 fully saturated rings. The third kappa shape index (κ3) is 3.33. The van der Waals surface area contributed by atoms with Crippen LogP contribution in [-0.2, 0) is 11.3 Å². The molecule has 8 nitrogen and oxygen atoms in total. The number of carbonyl (C=O) groups is 1. The van der Waals surface area contributed by atoms with Gasteiger partial charge < -0.3 is 15.2 Å². The van der Waals surface area contributed by atoms with Gasteiger partial charge in [0.15, 0.2) is 5.82 Å². The van der Waals surface area contributed by atoms with E-state index in [9.17, 15) is 4.79 Å². The summed E-state index contributed by atoms with van der Waals surface area (Å²) in [5, 5.41) is 14.1. The third-order valence-electron chi connectivity index (χ3n) is 3.83. The van der Waals surface area contributed by atoms with E-state index in [0.717, 1.165) is 13.0 Å². The summed E-state index contributed by atoms with van der Waals surface area (Å²) in [6, 6.07) is 1.89. The summed E-state index contributed by atoms with van der Waals surface area (Å²) in [7, 11) is 0. The number of hydrogen-bond acceptors (Lipinski definition) is 6. The molecule has 22 heavy (non-hydrogen) atoms. The first-order chi connectivity index (χ1) is 10.7. The van der Waals surface area contributed by atoms with Crippen molar-refractivity contribution in [3.05, 3.63) is 30.2 Å². The van der Waals surface area contributed by atoms with Crippen LogP contribution in [0.3, 0.4) is 0 Å². The van der Waals surface area contributed by atoms with E-state index in [0.29, 0.717) is 31.3 Å². The summed E-state index contributed by atoms with van der Waals surface area (Å²) in [5.41, 5.74) is 0. The van der Waals surface area contributed by atoms with Gasteiger partial charge in [0.2, 0.25) is 11.8 Å². The summed E-state index contributed by atoms with van der Waals surface area (Å²) in [4.78, 5) is 16.6. The van der Waals surface area contributed by atoms with Crippen molar-refractivity contribution in [1.82, 2.24) is 30.6 Å². The van der Waals surface area contributed by atoms with E-state index < -0.39 is 0 Å². The highest BCUT2D eigenvalue weighted by atomic mass is 16.5. The molecule has 8 heteroatoms. The van der Waals surface area contributed by atoms with Crippen molar-refractivity contribution in [1.29, 1.82) is 0 Å². The molecule has 0 aliphatic carbocycles. The highest BCUT2D eigenvalue weighted by Gasteiger charge is 2.37. The molecule has 1 aliphatic heterocycles. The molecule has 0 bridgehead atoms. The van der Waals surface area contributed by atoms with Gasteiger partial charge in [-0.25, -0.2) is 0 Å². The lowest BCUT2D eigenvalue weighted by Crippen LogP contribution is -2.35. The lowest BCUT2D eigenvalue weighted by molar-refractivity contribution is -0.125. The quantitative estimate of drug-likeness (QED) is 0.734. The molecule has 0 unspecified atom stereocenters. The fourth-order valence-electron chi connectivity index (χ4n) is 2.69. The van der Waals surface area contributed by atoms with E-state index in [1.165, 1.54) is 0 Å². The van der Waals surface area contributed by atoms with Crippen molar-refractivity contribution >= 4 is 5.91 Å². The zero-order chi connectivity index (χ0) is 15.4. The van der Waals surface area contributed by atoms with Gasteiger partial charge in [-0.2, -0.15) is 10.1 Å². The van der Waals surface area contributed by atoms with Crippen LogP contribution in [0.1, 0.15) is 24.1 Å². The highest BCUT2D eigenvalue weighted by molar-refractivity contribution is 5.80. The summed E-state index contributed by atoms with van der Waals surface area (Å²) in [6.45, 7) is 4.52. The van der Waals surface area contributed by atoms with E-state index in [1.807, 2.05) is 16.9 Å². The Kier molecular flexibility index (Phi) is 4.47. The first-order valence-corrected chi connectivity index (χ1v) is 7.50. The largest absolute Gasteiger partial charge is 0.356 e. The Balaban J connectivity index is 1.48. The van der Waals surface area contributed by atoms with Crippen LogP contribution < -0.4 is 10.6 Å². The van der Waals surface area contributed by atoms with Crippen molar-refractivity contribution in [3.8, 4) is 0 Å². The minimum atomic E-state index is -0.162. The molecule has 0 radical (unpaired) electrons. The number of nitrogens with one attached hydrogen (secondary N) is 2. The predicted octanol–water partition coefficient (Wildman–Crippen LogP) is 0.0840. The van der Waals surface area contributed by atoms with Gasteiger partial charge in [-0.15, -0.1) is 0 Å². The Hall–Kier alpha value is -2.22. The van der Waals surface area contributed by atoms with Crippen molar-refractivity contribution in [3.63, 3.8) is 0 Å². The van der Waals surface area contributed by atoms with Crippen molar-refractivity contribution in [2.75, 3.05) is 19.6 Å². The maximum atomic E-state index is 12.3. The fraction of sp³-hybridized carbons (Fsp3) is 0.571. The molecule has 0 saturated carbocycles. The van der Waals surface area contributed by atoms with Crippen molar-refractivity contribution in [2.45, 2.75) is 25.8 Å². The SMILES string of the molecule is Cc1noc([C@@H]2CNC[C@H]2C(=O)NCCCn2cccn2)n1. The summed E-state index contributed by atoms with van der Waals surface area (Å²) in [5.74, 6) is 0.961. The van der Waals surface area contributed by atoms with E-state index >= 15 is 0 Å². The lowest BCUT2D eigenvalue weighted by atomic mass is 9.95. The Morgan fingerprint density at radius 1 is 1.55 bits per heavy atom. The van der Waals surface area contributed by atoms with Gasteiger partial charge in [-0.3, -0.25) is 9.48 Å². The number of carbonyl (C=O) groups excluding carboxylic acids is 1. The van der Waals surface area contributed by atoms with E-state index in [2.05, 4.69) is 25.9 Å².